The van der Waals surface area contributed by atoms with E-state index in [4.69, 9.17) is 9.84 Å². The van der Waals surface area contributed by atoms with E-state index in [2.05, 4.69) is 4.98 Å². The Balaban J connectivity index is 1.61. The number of benzene rings is 1. The Bertz CT molecular complexity index is 946. The van der Waals surface area contributed by atoms with Crippen LogP contribution in [0.25, 0.3) is 11.1 Å². The molecule has 0 spiro atoms. The van der Waals surface area contributed by atoms with E-state index in [0.717, 1.165) is 17.0 Å². The lowest BCUT2D eigenvalue weighted by atomic mass is 10.1. The molecule has 1 aromatic heterocycles. The first-order chi connectivity index (χ1) is 13.9. The number of carbonyl (C=O) groups excluding carboxylic acids is 2. The Kier molecular flexibility index (Phi) is 4.79. The molecule has 3 heterocycles. The first-order valence-corrected chi connectivity index (χ1v) is 8.96. The molecule has 2 saturated heterocycles. The summed E-state index contributed by atoms with van der Waals surface area (Å²) in [5.41, 5.74) is -0.0866. The van der Waals surface area contributed by atoms with Crippen molar-refractivity contribution >= 4 is 23.6 Å². The number of ether oxygens (including phenoxy) is 1. The summed E-state index contributed by atoms with van der Waals surface area (Å²) in [4.78, 5) is 32.1. The fourth-order valence-electron chi connectivity index (χ4n) is 3.37. The van der Waals surface area contributed by atoms with E-state index < -0.39 is 23.8 Å². The molecule has 0 aliphatic carbocycles. The van der Waals surface area contributed by atoms with Gasteiger partial charge in [-0.15, -0.1) is 0 Å². The average molecular weight is 404 g/mol. The van der Waals surface area contributed by atoms with Crippen molar-refractivity contribution in [2.24, 2.45) is 0 Å². The lowest BCUT2D eigenvalue weighted by molar-refractivity contribution is 0.0963. The fraction of sp³-hybridized carbons (Fsp3) is 0.316. The van der Waals surface area contributed by atoms with Crippen molar-refractivity contribution in [3.8, 4) is 11.1 Å². The van der Waals surface area contributed by atoms with Crippen LogP contribution in [0.4, 0.5) is 29.9 Å². The Morgan fingerprint density at radius 3 is 2.41 bits per heavy atom. The number of aromatic nitrogens is 1. The number of anilines is 2. The van der Waals surface area contributed by atoms with Gasteiger partial charge in [-0.2, -0.15) is 0 Å². The first-order valence-electron chi connectivity index (χ1n) is 8.96. The molecule has 0 radical (unpaired) electrons. The Morgan fingerprint density at radius 1 is 1.17 bits per heavy atom. The van der Waals surface area contributed by atoms with E-state index in [1.807, 2.05) is 0 Å². The van der Waals surface area contributed by atoms with E-state index >= 15 is 0 Å². The number of nitrogens with zero attached hydrogens (tertiary/aromatic N) is 4. The van der Waals surface area contributed by atoms with Gasteiger partial charge in [-0.05, 0) is 24.3 Å². The molecule has 0 bridgehead atoms. The zero-order valence-electron chi connectivity index (χ0n) is 15.5. The second-order valence-corrected chi connectivity index (χ2v) is 6.84. The van der Waals surface area contributed by atoms with Crippen LogP contribution in [0.5, 0.6) is 0 Å². The molecule has 3 amide bonds. The van der Waals surface area contributed by atoms with Crippen LogP contribution < -0.4 is 9.80 Å². The number of likely N-dealkylation sites (N-methyl/N-ethyl adjacent to an activating group) is 1. The van der Waals surface area contributed by atoms with E-state index in [0.29, 0.717) is 18.9 Å². The molecule has 0 unspecified atom stereocenters. The van der Waals surface area contributed by atoms with Crippen molar-refractivity contribution in [1.29, 1.82) is 0 Å². The van der Waals surface area contributed by atoms with Gasteiger partial charge in [-0.1, -0.05) is 0 Å². The third-order valence-electron chi connectivity index (χ3n) is 4.95. The van der Waals surface area contributed by atoms with Crippen molar-refractivity contribution in [2.75, 3.05) is 43.1 Å². The van der Waals surface area contributed by atoms with Crippen LogP contribution >= 0.6 is 0 Å². The zero-order valence-corrected chi connectivity index (χ0v) is 15.5. The number of cyclic esters (lactones) is 1. The lowest BCUT2D eigenvalue weighted by Gasteiger charge is -2.16. The minimum atomic E-state index is -0.869. The van der Waals surface area contributed by atoms with Gasteiger partial charge in [0.2, 0.25) is 0 Å². The van der Waals surface area contributed by atoms with Gasteiger partial charge in [0.25, 0.3) is 0 Å². The Hall–Kier alpha value is -3.27. The van der Waals surface area contributed by atoms with Crippen molar-refractivity contribution in [1.82, 2.24) is 9.88 Å². The first kappa shape index (κ1) is 19.1. The number of hydrogen-bond acceptors (Lipinski definition) is 5. The number of pyridine rings is 1. The van der Waals surface area contributed by atoms with Gasteiger partial charge in [0.15, 0.2) is 0 Å². The van der Waals surface area contributed by atoms with Crippen LogP contribution in [-0.2, 0) is 4.74 Å². The third-order valence-corrected chi connectivity index (χ3v) is 4.95. The predicted molar refractivity (Wildman–Crippen MR) is 99.7 cm³/mol. The number of aliphatic hydroxyl groups excluding tert-OH is 1. The van der Waals surface area contributed by atoms with E-state index in [9.17, 15) is 18.4 Å². The van der Waals surface area contributed by atoms with Crippen molar-refractivity contribution in [2.45, 2.75) is 6.10 Å². The van der Waals surface area contributed by atoms with Crippen LogP contribution in [0.15, 0.2) is 30.5 Å². The fourth-order valence-corrected chi connectivity index (χ4v) is 3.37. The topological polar surface area (TPSA) is 86.2 Å². The number of urea groups is 1. The largest absolute Gasteiger partial charge is 0.441 e. The average Bonchev–Trinajstić information content (AvgIpc) is 3.24. The predicted octanol–water partition coefficient (Wildman–Crippen LogP) is 2.22. The highest BCUT2D eigenvalue weighted by atomic mass is 19.1. The maximum Gasteiger partial charge on any atom is 0.414 e. The zero-order chi connectivity index (χ0) is 20.7. The normalized spacial score (nSPS) is 19.3. The monoisotopic (exact) mass is 404 g/mol. The summed E-state index contributed by atoms with van der Waals surface area (Å²) in [6.45, 7) is 0.684. The number of halogens is 2. The molecule has 8 nitrogen and oxygen atoms in total. The van der Waals surface area contributed by atoms with Gasteiger partial charge in [0, 0.05) is 31.9 Å². The number of hydrogen-bond donors (Lipinski definition) is 1. The van der Waals surface area contributed by atoms with Gasteiger partial charge >= 0.3 is 12.1 Å². The van der Waals surface area contributed by atoms with Crippen molar-refractivity contribution in [3.63, 3.8) is 0 Å². The van der Waals surface area contributed by atoms with E-state index in [-0.39, 0.29) is 36.0 Å². The minimum absolute atomic E-state index is 0.0000186. The standard InChI is InChI=1S/C19H18F2N4O4/c1-23-4-5-24(18(23)27)16-3-2-11(8-22-16)17-14(20)6-12(7-15(17)21)25-9-13(10-26)29-19(25)28/h2-3,6-8,13,26H,4-5,9-10H2,1H3/t13-/m1/s1. The van der Waals surface area contributed by atoms with Crippen LogP contribution in [0, 0.1) is 11.6 Å². The summed E-state index contributed by atoms with van der Waals surface area (Å²) in [5, 5.41) is 9.10. The summed E-state index contributed by atoms with van der Waals surface area (Å²) < 4.78 is 34.3. The lowest BCUT2D eigenvalue weighted by Crippen LogP contribution is -2.29. The SMILES string of the molecule is CN1CCN(c2ccc(-c3c(F)cc(N4C[C@H](CO)OC4=O)cc3F)cn2)C1=O. The van der Waals surface area contributed by atoms with Gasteiger partial charge in [0.05, 0.1) is 24.4 Å². The van der Waals surface area contributed by atoms with Gasteiger partial charge in [0.1, 0.15) is 23.6 Å². The van der Waals surface area contributed by atoms with E-state index in [1.165, 1.54) is 23.2 Å². The molecule has 4 rings (SSSR count). The highest BCUT2D eigenvalue weighted by molar-refractivity contribution is 5.93. The van der Waals surface area contributed by atoms with Crippen LogP contribution in [0.2, 0.25) is 0 Å². The summed E-state index contributed by atoms with van der Waals surface area (Å²) in [6, 6.07) is 4.90. The van der Waals surface area contributed by atoms with Crippen LogP contribution in [-0.4, -0.2) is 66.5 Å². The quantitative estimate of drug-likeness (QED) is 0.845. The molecule has 2 aliphatic heterocycles. The van der Waals surface area contributed by atoms with E-state index in [1.54, 1.807) is 11.9 Å². The van der Waals surface area contributed by atoms with Gasteiger partial charge < -0.3 is 14.7 Å². The van der Waals surface area contributed by atoms with Crippen LogP contribution in [0.3, 0.4) is 0 Å². The number of amides is 3. The van der Waals surface area contributed by atoms with Gasteiger partial charge in [-0.3, -0.25) is 9.80 Å². The molecule has 29 heavy (non-hydrogen) atoms. The molecule has 1 N–H and O–H groups in total. The third kappa shape index (κ3) is 3.35. The van der Waals surface area contributed by atoms with Crippen molar-refractivity contribution < 1.29 is 28.2 Å². The Labute approximate surface area is 164 Å². The molecule has 2 aromatic rings. The maximum atomic E-state index is 14.7. The molecule has 2 aliphatic rings. The molecule has 152 valence electrons. The molecule has 10 heteroatoms. The maximum absolute atomic E-state index is 14.7. The number of rotatable bonds is 4. The van der Waals surface area contributed by atoms with Crippen LogP contribution in [0.1, 0.15) is 0 Å². The summed E-state index contributed by atoms with van der Waals surface area (Å²) in [5.74, 6) is -1.34. The number of carbonyl (C=O) groups is 2. The van der Waals surface area contributed by atoms with Crippen molar-refractivity contribution in [3.05, 3.63) is 42.1 Å². The molecule has 0 saturated carbocycles. The highest BCUT2D eigenvalue weighted by Crippen LogP contribution is 2.32. The smallest absolute Gasteiger partial charge is 0.414 e. The molecular weight excluding hydrogens is 386 g/mol. The molecule has 1 atom stereocenters. The summed E-state index contributed by atoms with van der Waals surface area (Å²) in [6.07, 6.45) is -0.215. The van der Waals surface area contributed by atoms with Gasteiger partial charge in [-0.25, -0.2) is 23.4 Å². The minimum Gasteiger partial charge on any atom is -0.441 e. The molecule has 2 fully saturated rings. The molecular formula is C19H18F2N4O4. The second kappa shape index (κ2) is 7.28. The number of aliphatic hydroxyl groups is 1. The summed E-state index contributed by atoms with van der Waals surface area (Å²) >= 11 is 0. The second-order valence-electron chi connectivity index (χ2n) is 6.84. The molecule has 1 aromatic carbocycles. The highest BCUT2D eigenvalue weighted by Gasteiger charge is 2.33. The Morgan fingerprint density at radius 2 is 1.90 bits per heavy atom. The summed E-state index contributed by atoms with van der Waals surface area (Å²) in [7, 11) is 1.68.